The monoisotopic (exact) mass is 317 g/mol. The molecule has 0 aliphatic heterocycles. The van der Waals surface area contributed by atoms with Crippen molar-refractivity contribution < 1.29 is 23.1 Å². The summed E-state index contributed by atoms with van der Waals surface area (Å²) in [5.41, 5.74) is 0.926. The summed E-state index contributed by atoms with van der Waals surface area (Å²) >= 11 is 0. The van der Waals surface area contributed by atoms with Crippen LogP contribution in [0.1, 0.15) is 12.5 Å². The van der Waals surface area contributed by atoms with Gasteiger partial charge in [0.05, 0.1) is 4.90 Å². The molecule has 0 aliphatic carbocycles. The van der Waals surface area contributed by atoms with Crippen LogP contribution in [0.2, 0.25) is 0 Å². The minimum Gasteiger partial charge on any atom is -0.480 e. The van der Waals surface area contributed by atoms with Gasteiger partial charge in [0.2, 0.25) is 14.8 Å². The molecule has 0 bridgehead atoms. The van der Waals surface area contributed by atoms with E-state index in [-0.39, 0.29) is 10.6 Å². The van der Waals surface area contributed by atoms with Crippen LogP contribution in [0.5, 0.6) is 0 Å². The van der Waals surface area contributed by atoms with Crippen molar-refractivity contribution in [2.75, 3.05) is 5.75 Å². The molecule has 2 N–H and O–H groups in total. The summed E-state index contributed by atoms with van der Waals surface area (Å²) in [6.45, 7) is 3.01. The number of aliphatic carboxylic acids is 1. The number of carboxylic acids is 1. The van der Waals surface area contributed by atoms with Crippen molar-refractivity contribution in [1.82, 2.24) is 5.32 Å². The molecular formula is C12H15NO5S2. The van der Waals surface area contributed by atoms with Crippen LogP contribution in [0.15, 0.2) is 29.2 Å². The standard InChI is InChI=1S/C12H15NO5S2/c1-8-3-5-10(6-4-8)20(17,18)19-7-11(12(15)16)13-9(2)14/h3-6,11H,7H2,1-2H3,(H,13,14)(H,15,16)/t11-/m0/s1. The van der Waals surface area contributed by atoms with Crippen LogP contribution in [0.25, 0.3) is 0 Å². The van der Waals surface area contributed by atoms with Gasteiger partial charge in [-0.25, -0.2) is 13.2 Å². The fourth-order valence-electron chi connectivity index (χ4n) is 1.35. The fraction of sp³-hybridized carbons (Fsp3) is 0.333. The van der Waals surface area contributed by atoms with Gasteiger partial charge in [-0.15, -0.1) is 0 Å². The van der Waals surface area contributed by atoms with Crippen molar-refractivity contribution in [2.45, 2.75) is 24.8 Å². The molecule has 110 valence electrons. The third-order valence-corrected chi connectivity index (χ3v) is 5.92. The van der Waals surface area contributed by atoms with Crippen LogP contribution >= 0.6 is 10.8 Å². The molecule has 0 spiro atoms. The Bertz CT molecular complexity index is 595. The first kappa shape index (κ1) is 16.5. The summed E-state index contributed by atoms with van der Waals surface area (Å²) in [6, 6.07) is 5.02. The maximum Gasteiger partial charge on any atom is 0.327 e. The van der Waals surface area contributed by atoms with E-state index in [0.29, 0.717) is 10.8 Å². The summed E-state index contributed by atoms with van der Waals surface area (Å²) in [5, 5.41) is 11.1. The average Bonchev–Trinajstić information content (AvgIpc) is 2.34. The quantitative estimate of drug-likeness (QED) is 0.759. The first-order valence-corrected chi connectivity index (χ1v) is 8.67. The molecule has 0 saturated carbocycles. The van der Waals surface area contributed by atoms with Crippen molar-refractivity contribution in [1.29, 1.82) is 0 Å². The number of hydrogen-bond donors (Lipinski definition) is 2. The van der Waals surface area contributed by atoms with E-state index in [9.17, 15) is 18.0 Å². The van der Waals surface area contributed by atoms with Crippen molar-refractivity contribution in [3.8, 4) is 0 Å². The third-order valence-electron chi connectivity index (χ3n) is 2.38. The number of nitrogens with one attached hydrogen (secondary N) is 1. The van der Waals surface area contributed by atoms with Crippen LogP contribution in [0.4, 0.5) is 0 Å². The zero-order valence-electron chi connectivity index (χ0n) is 11.0. The number of benzene rings is 1. The van der Waals surface area contributed by atoms with Gasteiger partial charge in [-0.3, -0.25) is 4.79 Å². The number of carboxylic acid groups (broad SMARTS) is 1. The largest absolute Gasteiger partial charge is 0.480 e. The maximum absolute atomic E-state index is 12.0. The van der Waals surface area contributed by atoms with E-state index in [1.54, 1.807) is 12.1 Å². The summed E-state index contributed by atoms with van der Waals surface area (Å²) in [4.78, 5) is 21.9. The van der Waals surface area contributed by atoms with Crippen molar-refractivity contribution >= 4 is 31.5 Å². The van der Waals surface area contributed by atoms with Gasteiger partial charge < -0.3 is 10.4 Å². The molecule has 1 atom stereocenters. The highest BCUT2D eigenvalue weighted by atomic mass is 33.1. The maximum atomic E-state index is 12.0. The molecule has 20 heavy (non-hydrogen) atoms. The third kappa shape index (κ3) is 4.86. The van der Waals surface area contributed by atoms with Crippen LogP contribution in [-0.4, -0.2) is 37.2 Å². The molecule has 0 aliphatic rings. The molecule has 0 aromatic heterocycles. The molecule has 8 heteroatoms. The van der Waals surface area contributed by atoms with Crippen LogP contribution in [0, 0.1) is 6.92 Å². The summed E-state index contributed by atoms with van der Waals surface area (Å²) in [6.07, 6.45) is 0. The molecule has 0 unspecified atom stereocenters. The lowest BCUT2D eigenvalue weighted by Crippen LogP contribution is -2.41. The van der Waals surface area contributed by atoms with Gasteiger partial charge in [-0.1, -0.05) is 17.7 Å². The number of rotatable bonds is 6. The lowest BCUT2D eigenvalue weighted by atomic mass is 10.2. The molecule has 0 fully saturated rings. The smallest absolute Gasteiger partial charge is 0.327 e. The summed E-state index contributed by atoms with van der Waals surface area (Å²) in [7, 11) is -3.15. The number of carbonyl (C=O) groups is 2. The van der Waals surface area contributed by atoms with Crippen molar-refractivity contribution in [3.05, 3.63) is 29.8 Å². The normalized spacial score (nSPS) is 12.7. The summed E-state index contributed by atoms with van der Waals surface area (Å²) in [5.74, 6) is -2.05. The molecule has 1 amide bonds. The molecule has 0 heterocycles. The highest BCUT2D eigenvalue weighted by Crippen LogP contribution is 2.24. The first-order valence-electron chi connectivity index (χ1n) is 5.68. The van der Waals surface area contributed by atoms with E-state index in [4.69, 9.17) is 5.11 Å². The van der Waals surface area contributed by atoms with Gasteiger partial charge in [0.25, 0.3) is 0 Å². The zero-order valence-corrected chi connectivity index (χ0v) is 12.6. The Morgan fingerprint density at radius 2 is 1.85 bits per heavy atom. The minimum absolute atomic E-state index is 0.111. The Kier molecular flexibility index (Phi) is 5.58. The fourth-order valence-corrected chi connectivity index (χ4v) is 4.18. The predicted molar refractivity (Wildman–Crippen MR) is 76.1 cm³/mol. The van der Waals surface area contributed by atoms with Crippen molar-refractivity contribution in [3.63, 3.8) is 0 Å². The van der Waals surface area contributed by atoms with E-state index in [1.165, 1.54) is 19.1 Å². The Balaban J connectivity index is 2.78. The minimum atomic E-state index is -3.64. The van der Waals surface area contributed by atoms with E-state index >= 15 is 0 Å². The van der Waals surface area contributed by atoms with Crippen LogP contribution in [0.3, 0.4) is 0 Å². The SMILES string of the molecule is CC(=O)N[C@@H](CSS(=O)(=O)c1ccc(C)cc1)C(=O)O. The molecular weight excluding hydrogens is 302 g/mol. The first-order chi connectivity index (χ1) is 9.22. The second-order valence-corrected chi connectivity index (χ2v) is 8.12. The number of aryl methyl sites for hydroxylation is 1. The highest BCUT2D eigenvalue weighted by molar-refractivity contribution is 8.72. The van der Waals surface area contributed by atoms with E-state index in [0.717, 1.165) is 5.56 Å². The summed E-state index contributed by atoms with van der Waals surface area (Å²) < 4.78 is 24.0. The molecule has 1 aromatic rings. The second kappa shape index (κ2) is 6.76. The molecule has 1 rings (SSSR count). The van der Waals surface area contributed by atoms with Crippen LogP contribution in [-0.2, 0) is 18.5 Å². The van der Waals surface area contributed by atoms with Gasteiger partial charge in [-0.05, 0) is 29.9 Å². The molecule has 1 aromatic carbocycles. The highest BCUT2D eigenvalue weighted by Gasteiger charge is 2.23. The number of amides is 1. The van der Waals surface area contributed by atoms with Gasteiger partial charge in [0.15, 0.2) is 0 Å². The topological polar surface area (TPSA) is 101 Å². The molecule has 0 radical (unpaired) electrons. The Morgan fingerprint density at radius 1 is 1.30 bits per heavy atom. The van der Waals surface area contributed by atoms with Gasteiger partial charge in [0, 0.05) is 12.7 Å². The molecule has 0 saturated heterocycles. The lowest BCUT2D eigenvalue weighted by molar-refractivity contribution is -0.140. The van der Waals surface area contributed by atoms with Crippen molar-refractivity contribution in [2.24, 2.45) is 0 Å². The van der Waals surface area contributed by atoms with E-state index in [1.807, 2.05) is 6.92 Å². The number of hydrogen-bond acceptors (Lipinski definition) is 5. The molecule has 6 nitrogen and oxygen atoms in total. The lowest BCUT2D eigenvalue weighted by Gasteiger charge is -2.12. The predicted octanol–water partition coefficient (Wildman–Crippen LogP) is 1.01. The second-order valence-electron chi connectivity index (χ2n) is 4.14. The average molecular weight is 317 g/mol. The Morgan fingerprint density at radius 3 is 2.30 bits per heavy atom. The number of carbonyl (C=O) groups excluding carboxylic acids is 1. The van der Waals surface area contributed by atoms with E-state index < -0.39 is 26.8 Å². The van der Waals surface area contributed by atoms with E-state index in [2.05, 4.69) is 5.32 Å². The zero-order chi connectivity index (χ0) is 15.3. The van der Waals surface area contributed by atoms with Gasteiger partial charge in [0.1, 0.15) is 6.04 Å². The van der Waals surface area contributed by atoms with Gasteiger partial charge >= 0.3 is 5.97 Å². The van der Waals surface area contributed by atoms with Crippen LogP contribution < -0.4 is 5.32 Å². The van der Waals surface area contributed by atoms with Gasteiger partial charge in [-0.2, -0.15) is 0 Å². The Labute approximate surface area is 120 Å². The Hall–Kier alpha value is -1.54.